The summed E-state index contributed by atoms with van der Waals surface area (Å²) in [5.74, 6) is 0.918. The Labute approximate surface area is 124 Å². The maximum absolute atomic E-state index is 12.5. The Morgan fingerprint density at radius 1 is 1.48 bits per heavy atom. The fourth-order valence-corrected chi connectivity index (χ4v) is 2.34. The number of benzene rings is 1. The maximum atomic E-state index is 12.5. The van der Waals surface area contributed by atoms with Crippen LogP contribution in [0.3, 0.4) is 0 Å². The Morgan fingerprint density at radius 2 is 2.19 bits per heavy atom. The average molecular weight is 291 g/mol. The topological polar surface area (TPSA) is 59.0 Å². The van der Waals surface area contributed by atoms with Crippen LogP contribution in [0.4, 0.5) is 5.69 Å². The van der Waals surface area contributed by atoms with E-state index < -0.39 is 5.60 Å². The summed E-state index contributed by atoms with van der Waals surface area (Å²) in [5.41, 5.74) is 0.305. The molecule has 0 unspecified atom stereocenters. The average Bonchev–Trinajstić information content (AvgIpc) is 2.44. The van der Waals surface area contributed by atoms with Crippen LogP contribution in [-0.2, 0) is 11.4 Å². The van der Waals surface area contributed by atoms with Crippen molar-refractivity contribution < 1.29 is 19.4 Å². The van der Waals surface area contributed by atoms with Crippen LogP contribution in [0.15, 0.2) is 24.8 Å². The minimum Gasteiger partial charge on any atom is -0.490 e. The Hall–Kier alpha value is -2.01. The first-order chi connectivity index (χ1) is 9.94. The molecular formula is C16H21NO4. The van der Waals surface area contributed by atoms with Crippen LogP contribution < -0.4 is 14.4 Å². The Bertz CT molecular complexity index is 566. The summed E-state index contributed by atoms with van der Waals surface area (Å²) in [5, 5.41) is 9.40. The van der Waals surface area contributed by atoms with Crippen LogP contribution in [-0.4, -0.2) is 29.8 Å². The number of nitrogens with zero attached hydrogens (tertiary/aromatic N) is 1. The lowest BCUT2D eigenvalue weighted by Crippen LogP contribution is -2.52. The van der Waals surface area contributed by atoms with Gasteiger partial charge < -0.3 is 19.5 Å². The van der Waals surface area contributed by atoms with E-state index in [1.165, 1.54) is 0 Å². The van der Waals surface area contributed by atoms with E-state index in [-0.39, 0.29) is 12.5 Å². The van der Waals surface area contributed by atoms with Gasteiger partial charge in [0, 0.05) is 6.54 Å². The summed E-state index contributed by atoms with van der Waals surface area (Å²) in [6, 6.07) is 3.48. The van der Waals surface area contributed by atoms with Crippen molar-refractivity contribution in [2.45, 2.75) is 33.0 Å². The molecule has 0 fully saturated rings. The molecule has 0 aromatic heterocycles. The van der Waals surface area contributed by atoms with Crippen molar-refractivity contribution in [2.24, 2.45) is 0 Å². The highest BCUT2D eigenvalue weighted by atomic mass is 16.5. The monoisotopic (exact) mass is 291 g/mol. The van der Waals surface area contributed by atoms with Gasteiger partial charge in [0.2, 0.25) is 0 Å². The second-order valence-electron chi connectivity index (χ2n) is 5.35. The molecule has 114 valence electrons. The summed E-state index contributed by atoms with van der Waals surface area (Å²) in [4.78, 5) is 14.1. The van der Waals surface area contributed by atoms with Crippen molar-refractivity contribution in [1.82, 2.24) is 0 Å². The van der Waals surface area contributed by atoms with E-state index in [4.69, 9.17) is 9.47 Å². The highest BCUT2D eigenvalue weighted by Crippen LogP contribution is 2.45. The Morgan fingerprint density at radius 3 is 2.76 bits per heavy atom. The zero-order valence-electron chi connectivity index (χ0n) is 12.7. The first kappa shape index (κ1) is 15.4. The van der Waals surface area contributed by atoms with E-state index in [2.05, 4.69) is 6.58 Å². The quantitative estimate of drug-likeness (QED) is 0.845. The molecule has 1 aromatic rings. The number of hydrogen-bond donors (Lipinski definition) is 1. The van der Waals surface area contributed by atoms with Crippen LogP contribution >= 0.6 is 0 Å². The van der Waals surface area contributed by atoms with Crippen LogP contribution in [0, 0.1) is 0 Å². The highest BCUT2D eigenvalue weighted by molar-refractivity contribution is 6.03. The van der Waals surface area contributed by atoms with Crippen molar-refractivity contribution in [3.05, 3.63) is 30.4 Å². The predicted octanol–water partition coefficient (Wildman–Crippen LogP) is 2.27. The third-order valence-corrected chi connectivity index (χ3v) is 3.30. The molecule has 0 saturated heterocycles. The minimum atomic E-state index is -0.970. The molecule has 0 bridgehead atoms. The van der Waals surface area contributed by atoms with Gasteiger partial charge in [-0.3, -0.25) is 4.79 Å². The molecule has 0 saturated carbocycles. The minimum absolute atomic E-state index is 0.132. The van der Waals surface area contributed by atoms with Crippen molar-refractivity contribution >= 4 is 11.6 Å². The molecule has 5 nitrogen and oxygen atoms in total. The molecule has 1 amide bonds. The van der Waals surface area contributed by atoms with Gasteiger partial charge in [0.1, 0.15) is 0 Å². The third-order valence-electron chi connectivity index (χ3n) is 3.30. The standard InChI is InChI=1S/C16H21NO4/c1-5-7-17-12-8-11(10-18)9-13(20-6-2)14(12)21-16(3,4)15(17)19/h5,8-9,18H,1,6-7,10H2,2-4H3. The summed E-state index contributed by atoms with van der Waals surface area (Å²) >= 11 is 0. The number of anilines is 1. The summed E-state index contributed by atoms with van der Waals surface area (Å²) in [6.45, 7) is 9.74. The van der Waals surface area contributed by atoms with Gasteiger partial charge in [0.25, 0.3) is 5.91 Å². The Balaban J connectivity index is 2.63. The van der Waals surface area contributed by atoms with E-state index >= 15 is 0 Å². The first-order valence-electron chi connectivity index (χ1n) is 6.97. The van der Waals surface area contributed by atoms with E-state index in [0.717, 1.165) is 0 Å². The molecule has 5 heteroatoms. The molecule has 21 heavy (non-hydrogen) atoms. The number of rotatable bonds is 5. The van der Waals surface area contributed by atoms with Crippen molar-refractivity contribution in [3.63, 3.8) is 0 Å². The number of carbonyl (C=O) groups excluding carboxylic acids is 1. The van der Waals surface area contributed by atoms with Gasteiger partial charge in [0.05, 0.1) is 18.9 Å². The first-order valence-corrected chi connectivity index (χ1v) is 6.97. The number of hydrogen-bond acceptors (Lipinski definition) is 4. The molecule has 1 N–H and O–H groups in total. The van der Waals surface area contributed by atoms with Gasteiger partial charge in [-0.15, -0.1) is 6.58 Å². The number of aliphatic hydroxyl groups excluding tert-OH is 1. The fourth-order valence-electron chi connectivity index (χ4n) is 2.34. The summed E-state index contributed by atoms with van der Waals surface area (Å²) in [6.07, 6.45) is 1.66. The van der Waals surface area contributed by atoms with Gasteiger partial charge >= 0.3 is 0 Å². The molecule has 1 aliphatic heterocycles. The molecule has 0 radical (unpaired) electrons. The van der Waals surface area contributed by atoms with Crippen LogP contribution in [0.1, 0.15) is 26.3 Å². The van der Waals surface area contributed by atoms with Crippen LogP contribution in [0.5, 0.6) is 11.5 Å². The lowest BCUT2D eigenvalue weighted by Gasteiger charge is -2.39. The number of amides is 1. The molecule has 1 aromatic carbocycles. The van der Waals surface area contributed by atoms with Crippen molar-refractivity contribution in [3.8, 4) is 11.5 Å². The second-order valence-corrected chi connectivity index (χ2v) is 5.35. The molecule has 0 aliphatic carbocycles. The number of fused-ring (bicyclic) bond motifs is 1. The second kappa shape index (κ2) is 5.77. The van der Waals surface area contributed by atoms with Gasteiger partial charge in [0.15, 0.2) is 17.1 Å². The molecule has 2 rings (SSSR count). The van der Waals surface area contributed by atoms with Gasteiger partial charge in [-0.2, -0.15) is 0 Å². The third kappa shape index (κ3) is 2.74. The zero-order chi connectivity index (χ0) is 15.6. The molecule has 1 aliphatic rings. The van der Waals surface area contributed by atoms with Gasteiger partial charge in [-0.1, -0.05) is 6.08 Å². The Kier molecular flexibility index (Phi) is 4.23. The highest BCUT2D eigenvalue weighted by Gasteiger charge is 2.42. The lowest BCUT2D eigenvalue weighted by molar-refractivity contribution is -0.132. The number of ether oxygens (including phenoxy) is 2. The van der Waals surface area contributed by atoms with E-state index in [9.17, 15) is 9.90 Å². The molecule has 1 heterocycles. The normalized spacial score (nSPS) is 16.2. The largest absolute Gasteiger partial charge is 0.490 e. The number of aliphatic hydroxyl groups is 1. The zero-order valence-corrected chi connectivity index (χ0v) is 12.7. The van der Waals surface area contributed by atoms with Crippen molar-refractivity contribution in [1.29, 1.82) is 0 Å². The van der Waals surface area contributed by atoms with Crippen molar-refractivity contribution in [2.75, 3.05) is 18.1 Å². The molecule has 0 spiro atoms. The smallest absolute Gasteiger partial charge is 0.270 e. The predicted molar refractivity (Wildman–Crippen MR) is 80.8 cm³/mol. The van der Waals surface area contributed by atoms with Gasteiger partial charge in [-0.25, -0.2) is 0 Å². The SMILES string of the molecule is C=CCN1C(=O)C(C)(C)Oc2c(OCC)cc(CO)cc21. The van der Waals surface area contributed by atoms with E-state index in [1.54, 1.807) is 37.0 Å². The summed E-state index contributed by atoms with van der Waals surface area (Å²) in [7, 11) is 0. The van der Waals surface area contributed by atoms with E-state index in [1.807, 2.05) is 6.92 Å². The molecule has 0 atom stereocenters. The summed E-state index contributed by atoms with van der Waals surface area (Å²) < 4.78 is 11.5. The fraction of sp³-hybridized carbons (Fsp3) is 0.438. The van der Waals surface area contributed by atoms with Crippen LogP contribution in [0.2, 0.25) is 0 Å². The molecular weight excluding hydrogens is 270 g/mol. The van der Waals surface area contributed by atoms with Crippen LogP contribution in [0.25, 0.3) is 0 Å². The lowest BCUT2D eigenvalue weighted by atomic mass is 10.0. The van der Waals surface area contributed by atoms with E-state index in [0.29, 0.717) is 35.9 Å². The van der Waals surface area contributed by atoms with Gasteiger partial charge in [-0.05, 0) is 38.5 Å². The maximum Gasteiger partial charge on any atom is 0.270 e. The number of carbonyl (C=O) groups is 1.